The number of nitrogens with zero attached hydrogens (tertiary/aromatic N) is 2. The van der Waals surface area contributed by atoms with Crippen LogP contribution in [0.4, 0.5) is 0 Å². The fourth-order valence-corrected chi connectivity index (χ4v) is 3.08. The van der Waals surface area contributed by atoms with E-state index in [0.717, 1.165) is 19.2 Å². The van der Waals surface area contributed by atoms with Gasteiger partial charge < -0.3 is 4.74 Å². The van der Waals surface area contributed by atoms with Crippen molar-refractivity contribution in [1.82, 2.24) is 9.80 Å². The van der Waals surface area contributed by atoms with E-state index in [4.69, 9.17) is 16.3 Å². The maximum absolute atomic E-state index is 5.57. The fourth-order valence-electron chi connectivity index (χ4n) is 2.97. The highest BCUT2D eigenvalue weighted by Gasteiger charge is 2.25. The minimum Gasteiger partial charge on any atom is -0.379 e. The molecule has 1 saturated carbocycles. The molecule has 1 aliphatic carbocycles. The molecule has 0 bridgehead atoms. The van der Waals surface area contributed by atoms with Crippen LogP contribution in [-0.2, 0) is 4.74 Å². The van der Waals surface area contributed by atoms with Crippen LogP contribution in [0.3, 0.4) is 0 Å². The van der Waals surface area contributed by atoms with E-state index in [-0.39, 0.29) is 0 Å². The first-order valence-corrected chi connectivity index (χ1v) is 7.53. The van der Waals surface area contributed by atoms with Gasteiger partial charge in [-0.25, -0.2) is 0 Å². The summed E-state index contributed by atoms with van der Waals surface area (Å²) in [5, 5.41) is 0. The first-order chi connectivity index (χ1) is 8.40. The Kier molecular flexibility index (Phi) is 6.06. The van der Waals surface area contributed by atoms with Gasteiger partial charge in [0.15, 0.2) is 0 Å². The number of alkyl halides is 1. The van der Waals surface area contributed by atoms with Crippen LogP contribution in [0.5, 0.6) is 0 Å². The van der Waals surface area contributed by atoms with Gasteiger partial charge in [-0.15, -0.1) is 11.6 Å². The molecule has 0 unspecified atom stereocenters. The lowest BCUT2D eigenvalue weighted by molar-refractivity contribution is 0.0660. The van der Waals surface area contributed by atoms with Crippen LogP contribution in [0.1, 0.15) is 25.7 Å². The summed E-state index contributed by atoms with van der Waals surface area (Å²) in [5.41, 5.74) is 0. The summed E-state index contributed by atoms with van der Waals surface area (Å²) in [6, 6.07) is 0.893. The number of piperazine rings is 1. The second-order valence-electron chi connectivity index (χ2n) is 5.12. The van der Waals surface area contributed by atoms with Gasteiger partial charge in [0.1, 0.15) is 0 Å². The maximum Gasteiger partial charge on any atom is 0.0602 e. The highest BCUT2D eigenvalue weighted by atomic mass is 35.5. The average Bonchev–Trinajstić information content (AvgIpc) is 2.89. The highest BCUT2D eigenvalue weighted by molar-refractivity contribution is 6.17. The van der Waals surface area contributed by atoms with Gasteiger partial charge in [-0.2, -0.15) is 0 Å². The maximum atomic E-state index is 5.57. The van der Waals surface area contributed by atoms with E-state index in [0.29, 0.717) is 12.5 Å². The zero-order valence-corrected chi connectivity index (χ0v) is 11.5. The number of halogens is 1. The Hall–Kier alpha value is 0.170. The van der Waals surface area contributed by atoms with Crippen molar-refractivity contribution >= 4 is 11.6 Å². The lowest BCUT2D eigenvalue weighted by Gasteiger charge is -2.38. The second kappa shape index (κ2) is 7.57. The van der Waals surface area contributed by atoms with E-state index in [1.54, 1.807) is 0 Å². The summed E-state index contributed by atoms with van der Waals surface area (Å²) in [6.45, 7) is 7.50. The molecule has 2 aliphatic rings. The largest absolute Gasteiger partial charge is 0.379 e. The first-order valence-electron chi connectivity index (χ1n) is 7.00. The van der Waals surface area contributed by atoms with Gasteiger partial charge in [-0.1, -0.05) is 12.8 Å². The molecule has 1 aliphatic heterocycles. The Morgan fingerprint density at radius 2 is 1.71 bits per heavy atom. The Labute approximate surface area is 110 Å². The van der Waals surface area contributed by atoms with Crippen LogP contribution in [0, 0.1) is 0 Å². The van der Waals surface area contributed by atoms with Crippen molar-refractivity contribution in [3.05, 3.63) is 0 Å². The molecule has 0 amide bonds. The van der Waals surface area contributed by atoms with Crippen molar-refractivity contribution < 1.29 is 4.74 Å². The van der Waals surface area contributed by atoms with Crippen LogP contribution >= 0.6 is 11.6 Å². The minimum absolute atomic E-state index is 0.607. The van der Waals surface area contributed by atoms with Crippen LogP contribution in [0.2, 0.25) is 0 Å². The van der Waals surface area contributed by atoms with Crippen molar-refractivity contribution in [3.8, 4) is 0 Å². The quantitative estimate of drug-likeness (QED) is 0.535. The summed E-state index contributed by atoms with van der Waals surface area (Å²) in [5.74, 6) is 0.607. The Morgan fingerprint density at radius 3 is 2.35 bits per heavy atom. The van der Waals surface area contributed by atoms with Crippen molar-refractivity contribution in [3.63, 3.8) is 0 Å². The zero-order chi connectivity index (χ0) is 11.9. The molecule has 1 saturated heterocycles. The third-order valence-electron chi connectivity index (χ3n) is 4.02. The zero-order valence-electron chi connectivity index (χ0n) is 10.7. The number of ether oxygens (including phenoxy) is 1. The van der Waals surface area contributed by atoms with Crippen LogP contribution < -0.4 is 0 Å². The third-order valence-corrected chi connectivity index (χ3v) is 4.18. The van der Waals surface area contributed by atoms with Crippen molar-refractivity contribution in [2.75, 3.05) is 51.8 Å². The van der Waals surface area contributed by atoms with Crippen LogP contribution in [0.25, 0.3) is 0 Å². The summed E-state index contributed by atoms with van der Waals surface area (Å²) in [7, 11) is 0. The standard InChI is InChI=1S/C13H25ClN2O/c14-5-11-17-12-10-15-6-8-16(9-7-15)13-3-1-2-4-13/h13H,1-12H2. The minimum atomic E-state index is 0.607. The fraction of sp³-hybridized carbons (Fsp3) is 1.00. The Balaban J connectivity index is 1.57. The van der Waals surface area contributed by atoms with Gasteiger partial charge in [-0.05, 0) is 12.8 Å². The molecular weight excluding hydrogens is 236 g/mol. The molecule has 0 atom stereocenters. The van der Waals surface area contributed by atoms with Crippen LogP contribution in [0.15, 0.2) is 0 Å². The Morgan fingerprint density at radius 1 is 1.00 bits per heavy atom. The van der Waals surface area contributed by atoms with Gasteiger partial charge >= 0.3 is 0 Å². The second-order valence-corrected chi connectivity index (χ2v) is 5.50. The lowest BCUT2D eigenvalue weighted by Crippen LogP contribution is -2.50. The van der Waals surface area contributed by atoms with Gasteiger partial charge in [0.25, 0.3) is 0 Å². The van der Waals surface area contributed by atoms with Gasteiger partial charge in [0.2, 0.25) is 0 Å². The summed E-state index contributed by atoms with van der Waals surface area (Å²) >= 11 is 5.57. The molecular formula is C13H25ClN2O. The number of hydrogen-bond donors (Lipinski definition) is 0. The van der Waals surface area contributed by atoms with E-state index in [9.17, 15) is 0 Å². The van der Waals surface area contributed by atoms with Gasteiger partial charge in [-0.3, -0.25) is 9.80 Å². The third kappa shape index (κ3) is 4.40. The first kappa shape index (κ1) is 13.6. The molecule has 1 heterocycles. The van der Waals surface area contributed by atoms with E-state index in [2.05, 4.69) is 9.80 Å². The van der Waals surface area contributed by atoms with Crippen molar-refractivity contribution in [1.29, 1.82) is 0 Å². The van der Waals surface area contributed by atoms with Crippen LogP contribution in [-0.4, -0.2) is 67.7 Å². The van der Waals surface area contributed by atoms with E-state index in [1.807, 2.05) is 0 Å². The Bertz CT molecular complexity index is 202. The SMILES string of the molecule is ClCCOCCN1CCN(C2CCCC2)CC1. The normalized spacial score (nSPS) is 24.5. The molecule has 0 spiro atoms. The van der Waals surface area contributed by atoms with Crippen molar-refractivity contribution in [2.24, 2.45) is 0 Å². The molecule has 17 heavy (non-hydrogen) atoms. The molecule has 0 N–H and O–H groups in total. The molecule has 0 aromatic rings. The molecule has 4 heteroatoms. The van der Waals surface area contributed by atoms with Gasteiger partial charge in [0, 0.05) is 44.6 Å². The lowest BCUT2D eigenvalue weighted by atomic mass is 10.2. The molecule has 3 nitrogen and oxygen atoms in total. The van der Waals surface area contributed by atoms with Gasteiger partial charge in [0.05, 0.1) is 13.2 Å². The topological polar surface area (TPSA) is 15.7 Å². The summed E-state index contributed by atoms with van der Waals surface area (Å²) < 4.78 is 5.42. The summed E-state index contributed by atoms with van der Waals surface area (Å²) in [4.78, 5) is 5.21. The molecule has 0 radical (unpaired) electrons. The molecule has 2 fully saturated rings. The monoisotopic (exact) mass is 260 g/mol. The molecule has 2 rings (SSSR count). The van der Waals surface area contributed by atoms with Crippen molar-refractivity contribution in [2.45, 2.75) is 31.7 Å². The van der Waals surface area contributed by atoms with E-state index < -0.39 is 0 Å². The average molecular weight is 261 g/mol. The molecule has 0 aromatic carbocycles. The number of hydrogen-bond acceptors (Lipinski definition) is 3. The van der Waals surface area contributed by atoms with E-state index >= 15 is 0 Å². The number of rotatable bonds is 6. The molecule has 0 aromatic heterocycles. The summed E-state index contributed by atoms with van der Waals surface area (Å²) in [6.07, 6.45) is 5.74. The predicted octanol–water partition coefficient (Wildman–Crippen LogP) is 1.80. The smallest absolute Gasteiger partial charge is 0.0602 e. The predicted molar refractivity (Wildman–Crippen MR) is 71.8 cm³/mol. The highest BCUT2D eigenvalue weighted by Crippen LogP contribution is 2.24. The van der Waals surface area contributed by atoms with E-state index in [1.165, 1.54) is 51.9 Å². The molecule has 100 valence electrons.